The van der Waals surface area contributed by atoms with Crippen molar-refractivity contribution in [1.82, 2.24) is 5.48 Å². The van der Waals surface area contributed by atoms with E-state index in [1.807, 2.05) is 48.5 Å². The maximum Gasteiger partial charge on any atom is 0.274 e. The van der Waals surface area contributed by atoms with E-state index in [4.69, 9.17) is 21.5 Å². The Morgan fingerprint density at radius 2 is 1.48 bits per heavy atom. The van der Waals surface area contributed by atoms with Crippen LogP contribution in [0.25, 0.3) is 11.1 Å². The summed E-state index contributed by atoms with van der Waals surface area (Å²) in [6.45, 7) is 0.0752. The first-order valence-electron chi connectivity index (χ1n) is 8.28. The van der Waals surface area contributed by atoms with Gasteiger partial charge in [0.15, 0.2) is 0 Å². The predicted molar refractivity (Wildman–Crippen MR) is 103 cm³/mol. The van der Waals surface area contributed by atoms with Gasteiger partial charge in [0.25, 0.3) is 5.91 Å². The molecule has 138 valence electrons. The van der Waals surface area contributed by atoms with Crippen molar-refractivity contribution in [3.63, 3.8) is 0 Å². The smallest absolute Gasteiger partial charge is 0.274 e. The van der Waals surface area contributed by atoms with Crippen LogP contribution in [-0.4, -0.2) is 22.8 Å². The molecule has 0 aromatic heterocycles. The highest BCUT2D eigenvalue weighted by Crippen LogP contribution is 2.24. The van der Waals surface area contributed by atoms with Crippen molar-refractivity contribution in [2.45, 2.75) is 6.10 Å². The molecule has 0 fully saturated rings. The normalized spacial score (nSPS) is 11.7. The van der Waals surface area contributed by atoms with E-state index in [0.29, 0.717) is 16.3 Å². The van der Waals surface area contributed by atoms with E-state index in [2.05, 4.69) is 0 Å². The molecule has 1 atom stereocenters. The second-order valence-corrected chi connectivity index (χ2v) is 6.36. The standard InChI is InChI=1S/C21H18ClNO4/c22-18-9-5-15(6-10-18)14-1-3-16(4-2-14)20(24)13-27-19-11-7-17(8-12-19)21(25)23-26/h1-12,20,24,26H,13H2,(H,23,25). The molecule has 0 saturated carbocycles. The monoisotopic (exact) mass is 383 g/mol. The molecule has 0 saturated heterocycles. The zero-order chi connectivity index (χ0) is 19.2. The number of aliphatic hydroxyl groups is 1. The fourth-order valence-electron chi connectivity index (χ4n) is 2.58. The van der Waals surface area contributed by atoms with Gasteiger partial charge in [-0.1, -0.05) is 48.0 Å². The van der Waals surface area contributed by atoms with Gasteiger partial charge in [0.2, 0.25) is 0 Å². The summed E-state index contributed by atoms with van der Waals surface area (Å²) in [6, 6.07) is 21.4. The zero-order valence-electron chi connectivity index (χ0n) is 14.3. The van der Waals surface area contributed by atoms with Crippen LogP contribution in [0, 0.1) is 0 Å². The summed E-state index contributed by atoms with van der Waals surface area (Å²) in [6.07, 6.45) is -0.787. The van der Waals surface area contributed by atoms with E-state index < -0.39 is 12.0 Å². The number of carbonyl (C=O) groups excluding carboxylic acids is 1. The first-order chi connectivity index (χ1) is 13.1. The number of hydroxylamine groups is 1. The zero-order valence-corrected chi connectivity index (χ0v) is 15.1. The Balaban J connectivity index is 1.60. The summed E-state index contributed by atoms with van der Waals surface area (Å²) in [5, 5.41) is 19.6. The van der Waals surface area contributed by atoms with E-state index in [1.165, 1.54) is 12.1 Å². The van der Waals surface area contributed by atoms with E-state index in [-0.39, 0.29) is 6.61 Å². The van der Waals surface area contributed by atoms with Crippen molar-refractivity contribution in [2.75, 3.05) is 6.61 Å². The number of hydrogen-bond acceptors (Lipinski definition) is 4. The fraction of sp³-hybridized carbons (Fsp3) is 0.0952. The quantitative estimate of drug-likeness (QED) is 0.439. The van der Waals surface area contributed by atoms with Gasteiger partial charge in [-0.25, -0.2) is 5.48 Å². The molecule has 0 aliphatic rings. The SMILES string of the molecule is O=C(NO)c1ccc(OCC(O)c2ccc(-c3ccc(Cl)cc3)cc2)cc1. The second kappa shape index (κ2) is 8.68. The summed E-state index contributed by atoms with van der Waals surface area (Å²) in [5.74, 6) is -0.0799. The second-order valence-electron chi connectivity index (χ2n) is 5.92. The molecule has 3 rings (SSSR count). The van der Waals surface area contributed by atoms with Crippen LogP contribution in [0.3, 0.4) is 0 Å². The summed E-state index contributed by atoms with van der Waals surface area (Å²) < 4.78 is 5.56. The van der Waals surface area contributed by atoms with Crippen LogP contribution in [0.15, 0.2) is 72.8 Å². The summed E-state index contributed by atoms with van der Waals surface area (Å²) in [7, 11) is 0. The first-order valence-corrected chi connectivity index (χ1v) is 8.66. The van der Waals surface area contributed by atoms with Gasteiger partial charge in [-0.05, 0) is 53.1 Å². The number of hydrogen-bond donors (Lipinski definition) is 3. The summed E-state index contributed by atoms with van der Waals surface area (Å²) in [4.78, 5) is 11.3. The molecule has 0 bridgehead atoms. The van der Waals surface area contributed by atoms with Crippen LogP contribution in [0.5, 0.6) is 5.75 Å². The molecule has 3 aromatic rings. The van der Waals surface area contributed by atoms with E-state index in [9.17, 15) is 9.90 Å². The number of amides is 1. The van der Waals surface area contributed by atoms with Crippen LogP contribution in [0.1, 0.15) is 22.0 Å². The molecule has 6 heteroatoms. The lowest BCUT2D eigenvalue weighted by Crippen LogP contribution is -2.18. The fourth-order valence-corrected chi connectivity index (χ4v) is 2.70. The van der Waals surface area contributed by atoms with Gasteiger partial charge in [-0.15, -0.1) is 0 Å². The molecule has 0 heterocycles. The number of halogens is 1. The predicted octanol–water partition coefficient (Wildman–Crippen LogP) is 4.24. The number of aliphatic hydroxyl groups excluding tert-OH is 1. The van der Waals surface area contributed by atoms with Crippen molar-refractivity contribution in [2.24, 2.45) is 0 Å². The molecule has 3 N–H and O–H groups in total. The van der Waals surface area contributed by atoms with Gasteiger partial charge in [0.05, 0.1) is 0 Å². The molecule has 0 spiro atoms. The third kappa shape index (κ3) is 4.86. The number of carbonyl (C=O) groups is 1. The molecule has 0 aliphatic heterocycles. The maximum atomic E-state index is 11.3. The Bertz CT molecular complexity index is 893. The average molecular weight is 384 g/mol. The lowest BCUT2D eigenvalue weighted by atomic mass is 10.0. The van der Waals surface area contributed by atoms with E-state index in [1.54, 1.807) is 17.6 Å². The van der Waals surface area contributed by atoms with Crippen LogP contribution in [-0.2, 0) is 0 Å². The molecule has 5 nitrogen and oxygen atoms in total. The minimum Gasteiger partial charge on any atom is -0.491 e. The molecule has 3 aromatic carbocycles. The summed E-state index contributed by atoms with van der Waals surface area (Å²) in [5.41, 5.74) is 4.69. The van der Waals surface area contributed by atoms with E-state index in [0.717, 1.165) is 16.7 Å². The van der Waals surface area contributed by atoms with Crippen molar-refractivity contribution in [3.8, 4) is 16.9 Å². The lowest BCUT2D eigenvalue weighted by molar-refractivity contribution is 0.0706. The highest BCUT2D eigenvalue weighted by molar-refractivity contribution is 6.30. The van der Waals surface area contributed by atoms with Crippen LogP contribution < -0.4 is 10.2 Å². The van der Waals surface area contributed by atoms with Gasteiger partial charge in [-0.3, -0.25) is 10.0 Å². The van der Waals surface area contributed by atoms with E-state index >= 15 is 0 Å². The molecule has 0 radical (unpaired) electrons. The minimum atomic E-state index is -0.787. The Kier molecular flexibility index (Phi) is 6.08. The molecule has 1 unspecified atom stereocenters. The molecular weight excluding hydrogens is 366 g/mol. The number of benzene rings is 3. The van der Waals surface area contributed by atoms with Crippen LogP contribution in [0.4, 0.5) is 0 Å². The highest BCUT2D eigenvalue weighted by Gasteiger charge is 2.10. The van der Waals surface area contributed by atoms with Crippen LogP contribution in [0.2, 0.25) is 5.02 Å². The Labute approximate surface area is 161 Å². The molecular formula is C21H18ClNO4. The van der Waals surface area contributed by atoms with Crippen molar-refractivity contribution < 1.29 is 19.8 Å². The van der Waals surface area contributed by atoms with Gasteiger partial charge >= 0.3 is 0 Å². The Morgan fingerprint density at radius 1 is 0.926 bits per heavy atom. The molecule has 0 aliphatic carbocycles. The Morgan fingerprint density at radius 3 is 2.04 bits per heavy atom. The summed E-state index contributed by atoms with van der Waals surface area (Å²) >= 11 is 5.90. The lowest BCUT2D eigenvalue weighted by Gasteiger charge is -2.13. The first kappa shape index (κ1) is 18.9. The number of ether oxygens (including phenoxy) is 1. The third-order valence-corrected chi connectivity index (χ3v) is 4.35. The minimum absolute atomic E-state index is 0.0752. The van der Waals surface area contributed by atoms with Crippen molar-refractivity contribution in [3.05, 3.63) is 88.9 Å². The van der Waals surface area contributed by atoms with Crippen LogP contribution >= 0.6 is 11.6 Å². The van der Waals surface area contributed by atoms with Gasteiger partial charge in [-0.2, -0.15) is 0 Å². The molecule has 27 heavy (non-hydrogen) atoms. The number of nitrogens with one attached hydrogen (secondary N) is 1. The van der Waals surface area contributed by atoms with Crippen molar-refractivity contribution in [1.29, 1.82) is 0 Å². The van der Waals surface area contributed by atoms with Gasteiger partial charge < -0.3 is 9.84 Å². The largest absolute Gasteiger partial charge is 0.491 e. The maximum absolute atomic E-state index is 11.3. The van der Waals surface area contributed by atoms with Crippen molar-refractivity contribution >= 4 is 17.5 Å². The van der Waals surface area contributed by atoms with Gasteiger partial charge in [0, 0.05) is 10.6 Å². The highest BCUT2D eigenvalue weighted by atomic mass is 35.5. The molecule has 1 amide bonds. The van der Waals surface area contributed by atoms with Gasteiger partial charge in [0.1, 0.15) is 18.5 Å². The third-order valence-electron chi connectivity index (χ3n) is 4.10. The average Bonchev–Trinajstić information content (AvgIpc) is 2.72. The topological polar surface area (TPSA) is 78.8 Å². The number of rotatable bonds is 6. The Hall–Kier alpha value is -2.86.